The van der Waals surface area contributed by atoms with Gasteiger partial charge in [-0.3, -0.25) is 4.79 Å². The third-order valence-electron chi connectivity index (χ3n) is 3.85. The molecule has 3 nitrogen and oxygen atoms in total. The number of rotatable bonds is 8. The molecule has 122 valence electrons. The number of hydrogen-bond donors (Lipinski definition) is 0. The van der Waals surface area contributed by atoms with E-state index >= 15 is 0 Å². The SMILES string of the molecule is Cc1ccccc1-c1ccc(OCCCCN(C)C)c(C=O)c1. The fourth-order valence-electron chi connectivity index (χ4n) is 2.55. The van der Waals surface area contributed by atoms with E-state index in [1.165, 1.54) is 5.56 Å². The van der Waals surface area contributed by atoms with Crippen LogP contribution in [0.15, 0.2) is 42.5 Å². The number of carbonyl (C=O) groups excluding carboxylic acids is 1. The summed E-state index contributed by atoms with van der Waals surface area (Å²) < 4.78 is 5.78. The summed E-state index contributed by atoms with van der Waals surface area (Å²) in [4.78, 5) is 13.5. The molecule has 3 heteroatoms. The largest absolute Gasteiger partial charge is 0.493 e. The zero-order valence-corrected chi connectivity index (χ0v) is 14.2. The van der Waals surface area contributed by atoms with Crippen LogP contribution in [0.3, 0.4) is 0 Å². The van der Waals surface area contributed by atoms with Crippen molar-refractivity contribution in [2.75, 3.05) is 27.2 Å². The van der Waals surface area contributed by atoms with Crippen molar-refractivity contribution < 1.29 is 9.53 Å². The molecule has 0 spiro atoms. The maximum atomic E-state index is 11.4. The van der Waals surface area contributed by atoms with Crippen molar-refractivity contribution in [3.8, 4) is 16.9 Å². The Morgan fingerprint density at radius 1 is 1.09 bits per heavy atom. The Morgan fingerprint density at radius 3 is 2.57 bits per heavy atom. The Labute approximate surface area is 138 Å². The number of aldehydes is 1. The fourth-order valence-corrected chi connectivity index (χ4v) is 2.55. The summed E-state index contributed by atoms with van der Waals surface area (Å²) in [5.74, 6) is 0.669. The Bertz CT molecular complexity index is 650. The van der Waals surface area contributed by atoms with Crippen LogP contribution in [0.1, 0.15) is 28.8 Å². The molecular formula is C20H25NO2. The maximum Gasteiger partial charge on any atom is 0.153 e. The standard InChI is InChI=1S/C20H25NO2/c1-16-8-4-5-9-19(16)17-10-11-20(18(14-17)15-22)23-13-7-6-12-21(2)3/h4-5,8-11,14-15H,6-7,12-13H2,1-3H3. The second kappa shape index (κ2) is 8.49. The van der Waals surface area contributed by atoms with Crippen LogP contribution in [0.5, 0.6) is 5.75 Å². The average Bonchev–Trinajstić information content (AvgIpc) is 2.55. The van der Waals surface area contributed by atoms with Gasteiger partial charge in [0, 0.05) is 0 Å². The lowest BCUT2D eigenvalue weighted by molar-refractivity contribution is 0.111. The summed E-state index contributed by atoms with van der Waals surface area (Å²) in [5, 5.41) is 0. The monoisotopic (exact) mass is 311 g/mol. The molecule has 0 fully saturated rings. The minimum absolute atomic E-state index is 0.610. The number of benzene rings is 2. The summed E-state index contributed by atoms with van der Waals surface area (Å²) >= 11 is 0. The number of hydrogen-bond acceptors (Lipinski definition) is 3. The van der Waals surface area contributed by atoms with Crippen molar-refractivity contribution in [3.63, 3.8) is 0 Å². The van der Waals surface area contributed by atoms with Gasteiger partial charge in [-0.15, -0.1) is 0 Å². The van der Waals surface area contributed by atoms with E-state index in [4.69, 9.17) is 4.74 Å². The summed E-state index contributed by atoms with van der Waals surface area (Å²) in [6.07, 6.45) is 2.94. The van der Waals surface area contributed by atoms with Gasteiger partial charge in [0.05, 0.1) is 12.2 Å². The van der Waals surface area contributed by atoms with Crippen LogP contribution in [0, 0.1) is 6.92 Å². The van der Waals surface area contributed by atoms with Crippen molar-refractivity contribution in [3.05, 3.63) is 53.6 Å². The molecule has 0 aliphatic carbocycles. The minimum Gasteiger partial charge on any atom is -0.493 e. The van der Waals surface area contributed by atoms with Gasteiger partial charge < -0.3 is 9.64 Å². The van der Waals surface area contributed by atoms with E-state index in [1.807, 2.05) is 30.3 Å². The molecule has 0 amide bonds. The van der Waals surface area contributed by atoms with Crippen LogP contribution in [0.4, 0.5) is 0 Å². The highest BCUT2D eigenvalue weighted by molar-refractivity contribution is 5.83. The number of aryl methyl sites for hydroxylation is 1. The summed E-state index contributed by atoms with van der Waals surface area (Å²) in [6.45, 7) is 3.76. The van der Waals surface area contributed by atoms with Crippen LogP contribution < -0.4 is 4.74 Å². The minimum atomic E-state index is 0.610. The summed E-state index contributed by atoms with van der Waals surface area (Å²) in [5.41, 5.74) is 4.00. The topological polar surface area (TPSA) is 29.5 Å². The second-order valence-electron chi connectivity index (χ2n) is 6.04. The predicted molar refractivity (Wildman–Crippen MR) is 95.3 cm³/mol. The quantitative estimate of drug-likeness (QED) is 0.540. The van der Waals surface area contributed by atoms with Crippen LogP contribution in [-0.4, -0.2) is 38.4 Å². The fraction of sp³-hybridized carbons (Fsp3) is 0.350. The molecule has 23 heavy (non-hydrogen) atoms. The molecule has 0 aliphatic rings. The third-order valence-corrected chi connectivity index (χ3v) is 3.85. The lowest BCUT2D eigenvalue weighted by atomic mass is 9.99. The van der Waals surface area contributed by atoms with E-state index in [0.29, 0.717) is 17.9 Å². The van der Waals surface area contributed by atoms with E-state index in [0.717, 1.165) is 36.8 Å². The highest BCUT2D eigenvalue weighted by Crippen LogP contribution is 2.28. The molecule has 0 heterocycles. The molecule has 0 atom stereocenters. The van der Waals surface area contributed by atoms with Crippen molar-refractivity contribution in [2.45, 2.75) is 19.8 Å². The first-order valence-electron chi connectivity index (χ1n) is 8.04. The van der Waals surface area contributed by atoms with Crippen LogP contribution in [0.2, 0.25) is 0 Å². The van der Waals surface area contributed by atoms with Gasteiger partial charge in [0.1, 0.15) is 5.75 Å². The van der Waals surface area contributed by atoms with Gasteiger partial charge in [0.15, 0.2) is 6.29 Å². The van der Waals surface area contributed by atoms with Gasteiger partial charge in [-0.25, -0.2) is 0 Å². The predicted octanol–water partition coefficient (Wildman–Crippen LogP) is 4.20. The van der Waals surface area contributed by atoms with Crippen molar-refractivity contribution >= 4 is 6.29 Å². The van der Waals surface area contributed by atoms with Crippen LogP contribution in [0.25, 0.3) is 11.1 Å². The van der Waals surface area contributed by atoms with E-state index in [2.05, 4.69) is 38.1 Å². The Kier molecular flexibility index (Phi) is 6.36. The lowest BCUT2D eigenvalue weighted by Gasteiger charge is -2.12. The van der Waals surface area contributed by atoms with Crippen LogP contribution >= 0.6 is 0 Å². The smallest absolute Gasteiger partial charge is 0.153 e. The maximum absolute atomic E-state index is 11.4. The molecule has 0 bridgehead atoms. The average molecular weight is 311 g/mol. The van der Waals surface area contributed by atoms with Crippen molar-refractivity contribution in [1.29, 1.82) is 0 Å². The second-order valence-corrected chi connectivity index (χ2v) is 6.04. The molecule has 0 aliphatic heterocycles. The van der Waals surface area contributed by atoms with Gasteiger partial charge in [-0.2, -0.15) is 0 Å². The molecule has 0 saturated carbocycles. The van der Waals surface area contributed by atoms with Gasteiger partial charge in [-0.05, 0) is 69.2 Å². The molecule has 0 N–H and O–H groups in total. The highest BCUT2D eigenvalue weighted by atomic mass is 16.5. The molecular weight excluding hydrogens is 286 g/mol. The van der Waals surface area contributed by atoms with E-state index in [1.54, 1.807) is 0 Å². The lowest BCUT2D eigenvalue weighted by Crippen LogP contribution is -2.13. The summed E-state index contributed by atoms with van der Waals surface area (Å²) in [6, 6.07) is 14.0. The molecule has 0 aromatic heterocycles. The normalized spacial score (nSPS) is 10.8. The van der Waals surface area contributed by atoms with E-state index in [-0.39, 0.29) is 0 Å². The van der Waals surface area contributed by atoms with E-state index < -0.39 is 0 Å². The van der Waals surface area contributed by atoms with Crippen molar-refractivity contribution in [1.82, 2.24) is 4.90 Å². The first-order valence-corrected chi connectivity index (χ1v) is 8.04. The number of ether oxygens (including phenoxy) is 1. The first-order chi connectivity index (χ1) is 11.1. The zero-order chi connectivity index (χ0) is 16.7. The highest BCUT2D eigenvalue weighted by Gasteiger charge is 2.07. The Balaban J connectivity index is 2.05. The van der Waals surface area contributed by atoms with E-state index in [9.17, 15) is 4.79 Å². The van der Waals surface area contributed by atoms with Gasteiger partial charge in [0.2, 0.25) is 0 Å². The number of nitrogens with zero attached hydrogens (tertiary/aromatic N) is 1. The Morgan fingerprint density at radius 2 is 1.87 bits per heavy atom. The third kappa shape index (κ3) is 4.93. The first kappa shape index (κ1) is 17.2. The van der Waals surface area contributed by atoms with Crippen LogP contribution in [-0.2, 0) is 0 Å². The Hall–Kier alpha value is -2.13. The molecule has 2 rings (SSSR count). The van der Waals surface area contributed by atoms with Gasteiger partial charge in [0.25, 0.3) is 0 Å². The number of carbonyl (C=O) groups is 1. The zero-order valence-electron chi connectivity index (χ0n) is 14.2. The molecule has 2 aromatic rings. The van der Waals surface area contributed by atoms with Gasteiger partial charge in [-0.1, -0.05) is 30.3 Å². The van der Waals surface area contributed by atoms with Crippen molar-refractivity contribution in [2.24, 2.45) is 0 Å². The summed E-state index contributed by atoms with van der Waals surface area (Å²) in [7, 11) is 4.13. The molecule has 0 unspecified atom stereocenters. The molecule has 0 saturated heterocycles. The van der Waals surface area contributed by atoms with Gasteiger partial charge >= 0.3 is 0 Å². The molecule has 2 aromatic carbocycles. The number of unbranched alkanes of at least 4 members (excludes halogenated alkanes) is 1. The molecule has 0 radical (unpaired) electrons.